The molecule has 4 heterocycles. The van der Waals surface area contributed by atoms with Crippen LogP contribution in [0.5, 0.6) is 0 Å². The van der Waals surface area contributed by atoms with Crippen LogP contribution in [0.3, 0.4) is 0 Å². The Bertz CT molecular complexity index is 1510. The lowest BCUT2D eigenvalue weighted by Crippen LogP contribution is -2.35. The Balaban J connectivity index is 1.55. The van der Waals surface area contributed by atoms with Crippen molar-refractivity contribution < 1.29 is 9.59 Å². The number of hydrogen-bond donors (Lipinski definition) is 1. The standard InChI is InChI=1S/C28H27N5O2/c1-3-12-32(13-4-2)28(35)33-14-10-21-22(8-5-9-25(21)33)26(34)24-18-31-27-23(24)15-20(17-30-27)19-7-6-11-29-16-19/h5-11,14-18H,3-4,12-13H2,1-2H3,(H,30,31). The fraction of sp³-hybridized carbons (Fsp3) is 0.214. The topological polar surface area (TPSA) is 83.9 Å². The fourth-order valence-electron chi connectivity index (χ4n) is 4.56. The highest BCUT2D eigenvalue weighted by atomic mass is 16.2. The van der Waals surface area contributed by atoms with Gasteiger partial charge in [-0.1, -0.05) is 32.0 Å². The number of hydrogen-bond acceptors (Lipinski definition) is 4. The van der Waals surface area contributed by atoms with Gasteiger partial charge in [0.25, 0.3) is 0 Å². The molecule has 4 aromatic heterocycles. The molecule has 0 aliphatic carbocycles. The number of pyridine rings is 2. The van der Waals surface area contributed by atoms with E-state index in [2.05, 4.69) is 28.8 Å². The molecule has 0 fully saturated rings. The van der Waals surface area contributed by atoms with E-state index in [1.165, 1.54) is 0 Å². The number of ketones is 1. The van der Waals surface area contributed by atoms with Crippen LogP contribution in [0.4, 0.5) is 4.79 Å². The molecule has 7 heteroatoms. The number of fused-ring (bicyclic) bond motifs is 2. The Morgan fingerprint density at radius 3 is 2.51 bits per heavy atom. The van der Waals surface area contributed by atoms with Gasteiger partial charge in [-0.05, 0) is 37.1 Å². The maximum atomic E-state index is 13.7. The van der Waals surface area contributed by atoms with E-state index in [4.69, 9.17) is 0 Å². The number of aromatic nitrogens is 4. The summed E-state index contributed by atoms with van der Waals surface area (Å²) in [5.74, 6) is -0.115. The molecule has 0 saturated carbocycles. The van der Waals surface area contributed by atoms with Gasteiger partial charge in [-0.25, -0.2) is 9.78 Å². The Labute approximate surface area is 203 Å². The number of rotatable bonds is 7. The molecule has 0 aliphatic rings. The number of aromatic amines is 1. The molecule has 0 bridgehead atoms. The zero-order chi connectivity index (χ0) is 24.4. The smallest absolute Gasteiger partial charge is 0.328 e. The van der Waals surface area contributed by atoms with Gasteiger partial charge in [-0.15, -0.1) is 0 Å². The van der Waals surface area contributed by atoms with Crippen LogP contribution in [-0.4, -0.2) is 49.3 Å². The summed E-state index contributed by atoms with van der Waals surface area (Å²) in [7, 11) is 0. The van der Waals surface area contributed by atoms with E-state index in [0.29, 0.717) is 29.9 Å². The third-order valence-corrected chi connectivity index (χ3v) is 6.21. The van der Waals surface area contributed by atoms with Crippen molar-refractivity contribution in [3.8, 4) is 11.1 Å². The van der Waals surface area contributed by atoms with Crippen molar-refractivity contribution in [3.63, 3.8) is 0 Å². The number of nitrogens with zero attached hydrogens (tertiary/aromatic N) is 4. The zero-order valence-electron chi connectivity index (χ0n) is 19.9. The van der Waals surface area contributed by atoms with Gasteiger partial charge in [-0.3, -0.25) is 14.3 Å². The van der Waals surface area contributed by atoms with E-state index in [0.717, 1.165) is 40.3 Å². The molecule has 1 amide bonds. The minimum Gasteiger partial charge on any atom is -0.345 e. The number of nitrogens with one attached hydrogen (secondary N) is 1. The van der Waals surface area contributed by atoms with Crippen molar-refractivity contribution in [1.82, 2.24) is 24.4 Å². The van der Waals surface area contributed by atoms with Gasteiger partial charge >= 0.3 is 6.03 Å². The molecule has 7 nitrogen and oxygen atoms in total. The summed E-state index contributed by atoms with van der Waals surface area (Å²) in [5.41, 5.74) is 4.30. The summed E-state index contributed by atoms with van der Waals surface area (Å²) in [6.07, 6.45) is 10.5. The van der Waals surface area contributed by atoms with Crippen molar-refractivity contribution in [2.45, 2.75) is 26.7 Å². The number of H-pyrrole nitrogens is 1. The van der Waals surface area contributed by atoms with E-state index in [1.54, 1.807) is 35.6 Å². The van der Waals surface area contributed by atoms with Gasteiger partial charge in [0.05, 0.1) is 5.52 Å². The lowest BCUT2D eigenvalue weighted by molar-refractivity contribution is 0.104. The van der Waals surface area contributed by atoms with Gasteiger partial charge in [-0.2, -0.15) is 0 Å². The van der Waals surface area contributed by atoms with Crippen LogP contribution in [0.2, 0.25) is 0 Å². The molecule has 5 rings (SSSR count). The molecule has 0 aliphatic heterocycles. The third kappa shape index (κ3) is 4.10. The van der Waals surface area contributed by atoms with E-state index < -0.39 is 0 Å². The third-order valence-electron chi connectivity index (χ3n) is 6.21. The minimum absolute atomic E-state index is 0.0642. The second-order valence-electron chi connectivity index (χ2n) is 8.59. The molecular formula is C28H27N5O2. The van der Waals surface area contributed by atoms with Crippen molar-refractivity contribution in [1.29, 1.82) is 0 Å². The van der Waals surface area contributed by atoms with E-state index >= 15 is 0 Å². The lowest BCUT2D eigenvalue weighted by atomic mass is 9.99. The molecular weight excluding hydrogens is 438 g/mol. The molecule has 176 valence electrons. The van der Waals surface area contributed by atoms with Gasteiger partial charge in [0.15, 0.2) is 5.78 Å². The van der Waals surface area contributed by atoms with Crippen LogP contribution in [-0.2, 0) is 0 Å². The van der Waals surface area contributed by atoms with Crippen LogP contribution in [0.15, 0.2) is 73.4 Å². The highest BCUT2D eigenvalue weighted by Gasteiger charge is 2.21. The molecule has 0 radical (unpaired) electrons. The maximum absolute atomic E-state index is 13.7. The van der Waals surface area contributed by atoms with Crippen LogP contribution in [0, 0.1) is 0 Å². The molecule has 5 aromatic rings. The summed E-state index contributed by atoms with van der Waals surface area (Å²) in [4.78, 5) is 40.7. The number of benzene rings is 1. The monoisotopic (exact) mass is 465 g/mol. The van der Waals surface area contributed by atoms with Crippen molar-refractivity contribution in [2.75, 3.05) is 13.1 Å². The van der Waals surface area contributed by atoms with Crippen molar-refractivity contribution in [3.05, 3.63) is 84.6 Å². The second-order valence-corrected chi connectivity index (χ2v) is 8.59. The molecule has 0 atom stereocenters. The predicted octanol–water partition coefficient (Wildman–Crippen LogP) is 5.90. The van der Waals surface area contributed by atoms with Crippen molar-refractivity contribution in [2.24, 2.45) is 0 Å². The minimum atomic E-state index is -0.115. The normalized spacial score (nSPS) is 11.3. The molecule has 1 aromatic carbocycles. The predicted molar refractivity (Wildman–Crippen MR) is 138 cm³/mol. The quantitative estimate of drug-likeness (QED) is 0.303. The summed E-state index contributed by atoms with van der Waals surface area (Å²) in [6, 6.07) is 13.1. The number of carbonyl (C=O) groups excluding carboxylic acids is 2. The highest BCUT2D eigenvalue weighted by molar-refractivity contribution is 6.21. The first kappa shape index (κ1) is 22.5. The largest absolute Gasteiger partial charge is 0.345 e. The first-order valence-electron chi connectivity index (χ1n) is 11.9. The zero-order valence-corrected chi connectivity index (χ0v) is 19.9. The number of carbonyl (C=O) groups is 2. The van der Waals surface area contributed by atoms with E-state index in [9.17, 15) is 9.59 Å². The van der Waals surface area contributed by atoms with Gasteiger partial charge in [0, 0.05) is 77.1 Å². The first-order chi connectivity index (χ1) is 17.1. The lowest BCUT2D eigenvalue weighted by Gasteiger charge is -2.22. The van der Waals surface area contributed by atoms with Crippen molar-refractivity contribution >= 4 is 33.8 Å². The van der Waals surface area contributed by atoms with Gasteiger partial charge in [0.2, 0.25) is 0 Å². The molecule has 1 N–H and O–H groups in total. The second kappa shape index (κ2) is 9.54. The first-order valence-corrected chi connectivity index (χ1v) is 11.9. The van der Waals surface area contributed by atoms with Crippen LogP contribution in [0.1, 0.15) is 42.6 Å². The van der Waals surface area contributed by atoms with Gasteiger partial charge < -0.3 is 9.88 Å². The number of amides is 1. The maximum Gasteiger partial charge on any atom is 0.328 e. The highest BCUT2D eigenvalue weighted by Crippen LogP contribution is 2.28. The Hall–Kier alpha value is -4.26. The summed E-state index contributed by atoms with van der Waals surface area (Å²) < 4.78 is 1.65. The van der Waals surface area contributed by atoms with E-state index in [-0.39, 0.29) is 11.8 Å². The summed E-state index contributed by atoms with van der Waals surface area (Å²) in [6.45, 7) is 5.53. The van der Waals surface area contributed by atoms with Crippen LogP contribution < -0.4 is 0 Å². The molecule has 35 heavy (non-hydrogen) atoms. The fourth-order valence-corrected chi connectivity index (χ4v) is 4.56. The SMILES string of the molecule is CCCN(CCC)C(=O)n1ccc2c(C(=O)c3c[nH]c4ncc(-c5cccnc5)cc34)cccc21. The summed E-state index contributed by atoms with van der Waals surface area (Å²) >= 11 is 0. The molecule has 0 saturated heterocycles. The van der Waals surface area contributed by atoms with Crippen LogP contribution in [0.25, 0.3) is 33.1 Å². The summed E-state index contributed by atoms with van der Waals surface area (Å²) in [5, 5.41) is 1.51. The Morgan fingerprint density at radius 1 is 0.943 bits per heavy atom. The van der Waals surface area contributed by atoms with E-state index in [1.807, 2.05) is 47.4 Å². The average Bonchev–Trinajstić information content (AvgIpc) is 3.52. The Kier molecular flexibility index (Phi) is 6.14. The molecule has 0 unspecified atom stereocenters. The molecule has 0 spiro atoms. The van der Waals surface area contributed by atoms with Gasteiger partial charge in [0.1, 0.15) is 5.65 Å². The Morgan fingerprint density at radius 2 is 1.77 bits per heavy atom. The van der Waals surface area contributed by atoms with Crippen LogP contribution >= 0.6 is 0 Å². The average molecular weight is 466 g/mol.